The number of hydrogen-bond donors (Lipinski definition) is 3. The van der Waals surface area contributed by atoms with Gasteiger partial charge in [-0.1, -0.05) is 44.0 Å². The van der Waals surface area contributed by atoms with Crippen molar-refractivity contribution in [3.63, 3.8) is 0 Å². The number of benzene rings is 2. The van der Waals surface area contributed by atoms with Gasteiger partial charge in [0.25, 0.3) is 5.91 Å². The number of para-hydroxylation sites is 1. The summed E-state index contributed by atoms with van der Waals surface area (Å²) in [6.45, 7) is 4.87. The third kappa shape index (κ3) is 7.13. The predicted molar refractivity (Wildman–Crippen MR) is 139 cm³/mol. The molecule has 3 rings (SSSR count). The lowest BCUT2D eigenvalue weighted by molar-refractivity contribution is -0.160. The monoisotopic (exact) mass is 540 g/mol. The molecule has 39 heavy (non-hydrogen) atoms. The van der Waals surface area contributed by atoms with Crippen LogP contribution >= 0.6 is 0 Å². The maximum absolute atomic E-state index is 13.3. The summed E-state index contributed by atoms with van der Waals surface area (Å²) >= 11 is 0. The molecular formula is C28H32N2O9. The van der Waals surface area contributed by atoms with Crippen LogP contribution in [0.2, 0.25) is 0 Å². The molecule has 2 aromatic rings. The number of amides is 2. The zero-order valence-corrected chi connectivity index (χ0v) is 21.9. The first-order valence-electron chi connectivity index (χ1n) is 12.7. The molecule has 2 aromatic carbocycles. The number of ether oxygens (including phenoxy) is 3. The van der Waals surface area contributed by atoms with Crippen molar-refractivity contribution in [3.05, 3.63) is 59.7 Å². The summed E-state index contributed by atoms with van der Waals surface area (Å²) in [5.74, 6) is -4.61. The number of cyclic esters (lactones) is 2. The molecule has 5 atom stereocenters. The Hall–Kier alpha value is -4.41. The van der Waals surface area contributed by atoms with E-state index in [4.69, 9.17) is 14.2 Å². The number of aromatic hydroxyl groups is 1. The summed E-state index contributed by atoms with van der Waals surface area (Å²) in [5.41, 5.74) is 0.0318. The Morgan fingerprint density at radius 2 is 1.69 bits per heavy atom. The Kier molecular flexibility index (Phi) is 10.0. The van der Waals surface area contributed by atoms with Crippen LogP contribution in [0.1, 0.15) is 60.7 Å². The highest BCUT2D eigenvalue weighted by Gasteiger charge is 2.44. The molecule has 0 aliphatic carbocycles. The van der Waals surface area contributed by atoms with Crippen LogP contribution in [0.15, 0.2) is 48.5 Å². The van der Waals surface area contributed by atoms with Crippen LogP contribution in [0.3, 0.4) is 0 Å². The third-order valence-electron chi connectivity index (χ3n) is 6.39. The molecule has 0 saturated carbocycles. The van der Waals surface area contributed by atoms with Crippen molar-refractivity contribution in [2.24, 2.45) is 5.92 Å². The average Bonchev–Trinajstić information content (AvgIpc) is 2.94. The van der Waals surface area contributed by atoms with E-state index in [9.17, 15) is 29.1 Å². The van der Waals surface area contributed by atoms with Crippen molar-refractivity contribution in [2.75, 3.05) is 5.32 Å². The number of unbranched alkanes of at least 4 members (excludes halogenated alkanes) is 1. The Labute approximate surface area is 225 Å². The van der Waals surface area contributed by atoms with E-state index < -0.39 is 59.8 Å². The second kappa shape index (κ2) is 13.4. The molecule has 11 heteroatoms. The second-order valence-electron chi connectivity index (χ2n) is 9.18. The van der Waals surface area contributed by atoms with Crippen LogP contribution in [-0.2, 0) is 28.6 Å². The number of nitrogens with one attached hydrogen (secondary N) is 2. The number of hydrogen-bond acceptors (Lipinski definition) is 9. The summed E-state index contributed by atoms with van der Waals surface area (Å²) in [6.07, 6.45) is -1.32. The highest BCUT2D eigenvalue weighted by molar-refractivity contribution is 6.01. The van der Waals surface area contributed by atoms with E-state index in [2.05, 4.69) is 10.6 Å². The van der Waals surface area contributed by atoms with Crippen molar-refractivity contribution in [2.45, 2.75) is 64.4 Å². The summed E-state index contributed by atoms with van der Waals surface area (Å²) in [7, 11) is 0. The van der Waals surface area contributed by atoms with Crippen molar-refractivity contribution in [3.8, 4) is 5.75 Å². The van der Waals surface area contributed by atoms with Crippen LogP contribution in [0.25, 0.3) is 0 Å². The molecule has 1 saturated heterocycles. The topological polar surface area (TPSA) is 157 Å². The maximum atomic E-state index is 13.3. The third-order valence-corrected chi connectivity index (χ3v) is 6.39. The zero-order chi connectivity index (χ0) is 28.5. The normalized spacial score (nSPS) is 23.2. The largest absolute Gasteiger partial charge is 0.505 e. The fourth-order valence-electron chi connectivity index (χ4n) is 4.27. The van der Waals surface area contributed by atoms with Crippen LogP contribution < -0.4 is 10.6 Å². The fraction of sp³-hybridized carbons (Fsp3) is 0.393. The lowest BCUT2D eigenvalue weighted by atomic mass is 9.92. The van der Waals surface area contributed by atoms with E-state index in [0.29, 0.717) is 19.3 Å². The molecule has 0 aromatic heterocycles. The number of carbonyl (C=O) groups is 5. The van der Waals surface area contributed by atoms with Gasteiger partial charge in [-0.15, -0.1) is 0 Å². The highest BCUT2D eigenvalue weighted by Crippen LogP contribution is 2.29. The quantitative estimate of drug-likeness (QED) is 0.188. The minimum absolute atomic E-state index is 0.00960. The molecule has 0 radical (unpaired) electrons. The Morgan fingerprint density at radius 1 is 1.00 bits per heavy atom. The Bertz CT molecular complexity index is 1200. The smallest absolute Gasteiger partial charge is 0.338 e. The van der Waals surface area contributed by atoms with Gasteiger partial charge in [-0.2, -0.15) is 0 Å². The molecule has 11 nitrogen and oxygen atoms in total. The fourth-order valence-corrected chi connectivity index (χ4v) is 4.27. The maximum Gasteiger partial charge on any atom is 0.338 e. The van der Waals surface area contributed by atoms with Gasteiger partial charge in [-0.05, 0) is 44.5 Å². The molecule has 2 amide bonds. The minimum Gasteiger partial charge on any atom is -0.505 e. The summed E-state index contributed by atoms with van der Waals surface area (Å²) in [4.78, 5) is 63.2. The highest BCUT2D eigenvalue weighted by atomic mass is 16.6. The van der Waals surface area contributed by atoms with E-state index in [1.165, 1.54) is 32.0 Å². The van der Waals surface area contributed by atoms with E-state index in [-0.39, 0.29) is 16.8 Å². The molecule has 208 valence electrons. The molecule has 0 unspecified atom stereocenters. The number of phenols is 1. The summed E-state index contributed by atoms with van der Waals surface area (Å²) in [5, 5.41) is 15.1. The lowest BCUT2D eigenvalue weighted by Crippen LogP contribution is -2.50. The van der Waals surface area contributed by atoms with Gasteiger partial charge in [0.05, 0.1) is 22.7 Å². The lowest BCUT2D eigenvalue weighted by Gasteiger charge is -2.29. The first-order chi connectivity index (χ1) is 18.7. The van der Waals surface area contributed by atoms with Gasteiger partial charge in [0.2, 0.25) is 6.41 Å². The Morgan fingerprint density at radius 3 is 2.36 bits per heavy atom. The van der Waals surface area contributed by atoms with E-state index in [0.717, 1.165) is 6.42 Å². The van der Waals surface area contributed by atoms with E-state index in [1.54, 1.807) is 30.3 Å². The zero-order valence-electron chi connectivity index (χ0n) is 21.9. The molecular weight excluding hydrogens is 508 g/mol. The molecule has 3 N–H and O–H groups in total. The van der Waals surface area contributed by atoms with Crippen LogP contribution in [0.4, 0.5) is 5.69 Å². The summed E-state index contributed by atoms with van der Waals surface area (Å²) < 4.78 is 16.9. The van der Waals surface area contributed by atoms with Crippen molar-refractivity contribution in [1.82, 2.24) is 5.32 Å². The average molecular weight is 541 g/mol. The van der Waals surface area contributed by atoms with Crippen molar-refractivity contribution >= 4 is 35.9 Å². The standard InChI is InChI=1S/C28H32N2O9/c1-4-5-12-20-24(39-26(34)18-10-7-6-8-11-18)17(3)38-28(36)22(16(2)37-27(20)35)30-25(33)19-13-9-14-21(23(19)32)29-15-31/h6-11,13-17,20,22,24,32H,4-5,12H2,1-3H3,(H,29,31)(H,30,33)/t16-,17+,20-,22+,24+/m1/s1. The van der Waals surface area contributed by atoms with Crippen LogP contribution in [0.5, 0.6) is 5.75 Å². The number of esters is 3. The molecule has 1 aliphatic rings. The number of anilines is 1. The first kappa shape index (κ1) is 29.2. The van der Waals surface area contributed by atoms with Gasteiger partial charge in [0, 0.05) is 0 Å². The number of rotatable bonds is 9. The van der Waals surface area contributed by atoms with Gasteiger partial charge in [-0.25, -0.2) is 9.59 Å². The van der Waals surface area contributed by atoms with Crippen LogP contribution in [-0.4, -0.2) is 59.7 Å². The van der Waals surface area contributed by atoms with Gasteiger partial charge in [-0.3, -0.25) is 14.4 Å². The predicted octanol–water partition coefficient (Wildman–Crippen LogP) is 2.97. The molecule has 0 bridgehead atoms. The Balaban J connectivity index is 1.88. The molecule has 0 spiro atoms. The number of phenolic OH excluding ortho intramolecular Hbond substituents is 1. The van der Waals surface area contributed by atoms with Crippen molar-refractivity contribution in [1.29, 1.82) is 0 Å². The van der Waals surface area contributed by atoms with Gasteiger partial charge >= 0.3 is 17.9 Å². The van der Waals surface area contributed by atoms with Crippen molar-refractivity contribution < 1.29 is 43.3 Å². The molecule has 1 heterocycles. The van der Waals surface area contributed by atoms with E-state index >= 15 is 0 Å². The second-order valence-corrected chi connectivity index (χ2v) is 9.18. The number of carbonyl (C=O) groups excluding carboxylic acids is 5. The minimum atomic E-state index is -1.44. The van der Waals surface area contributed by atoms with Crippen LogP contribution in [0, 0.1) is 5.92 Å². The molecule has 1 aliphatic heterocycles. The summed E-state index contributed by atoms with van der Waals surface area (Å²) in [6, 6.07) is 10.9. The van der Waals surface area contributed by atoms with E-state index in [1.807, 2.05) is 6.92 Å². The first-order valence-corrected chi connectivity index (χ1v) is 12.7. The van der Waals surface area contributed by atoms with Gasteiger partial charge < -0.3 is 30.0 Å². The molecule has 1 fully saturated rings. The van der Waals surface area contributed by atoms with Gasteiger partial charge in [0.15, 0.2) is 17.9 Å². The SMILES string of the molecule is CCCC[C@H]1C(=O)O[C@H](C)[C@H](NC(=O)c2cccc(NC=O)c2O)C(=O)O[C@@H](C)[C@@H]1OC(=O)c1ccccc1. The van der Waals surface area contributed by atoms with Gasteiger partial charge in [0.1, 0.15) is 12.2 Å².